The average molecular weight is 527 g/mol. The minimum Gasteiger partial charge on any atom is -0.274 e. The molecule has 4 aromatic rings. The maximum Gasteiger partial charge on any atom is 0.252 e. The van der Waals surface area contributed by atoms with Crippen molar-refractivity contribution < 1.29 is 18.0 Å². The smallest absolute Gasteiger partial charge is 0.252 e. The second kappa shape index (κ2) is 10.5. The van der Waals surface area contributed by atoms with E-state index >= 15 is 0 Å². The van der Waals surface area contributed by atoms with Gasteiger partial charge >= 0.3 is 0 Å². The molecule has 2 amide bonds. The van der Waals surface area contributed by atoms with Crippen LogP contribution in [0.2, 0.25) is 0 Å². The fourth-order valence-electron chi connectivity index (χ4n) is 4.91. The predicted molar refractivity (Wildman–Crippen MR) is 149 cm³/mol. The molecule has 0 spiro atoms. The number of carbonyl (C=O) groups excluding carboxylic acids is 2. The molecular formula is C31H30N2O4S. The lowest BCUT2D eigenvalue weighted by molar-refractivity contribution is -0.122. The fourth-order valence-corrected chi connectivity index (χ4v) is 6.53. The van der Waals surface area contributed by atoms with E-state index in [9.17, 15) is 18.0 Å². The summed E-state index contributed by atoms with van der Waals surface area (Å²) in [6.45, 7) is 4.21. The lowest BCUT2D eigenvalue weighted by atomic mass is 10.0. The zero-order valence-corrected chi connectivity index (χ0v) is 22.3. The van der Waals surface area contributed by atoms with Crippen LogP contribution in [0.1, 0.15) is 37.3 Å². The highest BCUT2D eigenvalue weighted by Crippen LogP contribution is 2.31. The Hall–Kier alpha value is -3.81. The van der Waals surface area contributed by atoms with Crippen LogP contribution in [-0.2, 0) is 26.0 Å². The Kier molecular flexibility index (Phi) is 7.15. The first-order valence-corrected chi connectivity index (χ1v) is 14.2. The third kappa shape index (κ3) is 4.99. The minimum absolute atomic E-state index is 0.0724. The molecule has 1 fully saturated rings. The first-order chi connectivity index (χ1) is 18.3. The van der Waals surface area contributed by atoms with Crippen LogP contribution < -0.4 is 4.90 Å². The van der Waals surface area contributed by atoms with Crippen molar-refractivity contribution in [2.45, 2.75) is 43.5 Å². The third-order valence-electron chi connectivity index (χ3n) is 7.08. The molecule has 0 aromatic heterocycles. The van der Waals surface area contributed by atoms with Gasteiger partial charge in [-0.15, -0.1) is 0 Å². The van der Waals surface area contributed by atoms with Crippen molar-refractivity contribution in [3.05, 3.63) is 108 Å². The maximum absolute atomic E-state index is 14.0. The number of nitrogens with zero attached hydrogens (tertiary/aromatic N) is 2. The van der Waals surface area contributed by atoms with E-state index in [1.165, 1.54) is 4.31 Å². The molecule has 0 saturated carbocycles. The molecule has 194 valence electrons. The van der Waals surface area contributed by atoms with Gasteiger partial charge in [0.2, 0.25) is 15.9 Å². The van der Waals surface area contributed by atoms with Gasteiger partial charge in [-0.25, -0.2) is 13.3 Å². The van der Waals surface area contributed by atoms with E-state index in [-0.39, 0.29) is 17.9 Å². The minimum atomic E-state index is -4.09. The largest absolute Gasteiger partial charge is 0.274 e. The molecule has 1 saturated heterocycles. The van der Waals surface area contributed by atoms with E-state index in [4.69, 9.17) is 0 Å². The zero-order chi connectivity index (χ0) is 26.9. The molecule has 0 N–H and O–H groups in total. The number of benzene rings is 4. The first-order valence-electron chi connectivity index (χ1n) is 12.8. The van der Waals surface area contributed by atoms with Gasteiger partial charge in [0.15, 0.2) is 0 Å². The molecular weight excluding hydrogens is 496 g/mol. The number of sulfonamides is 1. The predicted octanol–water partition coefficient (Wildman–Crippen LogP) is 5.53. The van der Waals surface area contributed by atoms with Crippen molar-refractivity contribution in [3.63, 3.8) is 0 Å². The Morgan fingerprint density at radius 2 is 1.50 bits per heavy atom. The van der Waals surface area contributed by atoms with Gasteiger partial charge in [0.1, 0.15) is 6.04 Å². The van der Waals surface area contributed by atoms with Crippen molar-refractivity contribution >= 4 is 38.3 Å². The SMILES string of the molecule is CC(C)c1ccc(N2C(=O)CC(N(CCc3ccccc3)S(=O)(=O)c3ccc4ccccc4c3)C2=O)cc1. The number of anilines is 1. The standard InChI is InChI=1S/C31H30N2O4S/c1-22(2)24-12-15-27(16-13-24)33-30(34)21-29(31(33)35)32(19-18-23-8-4-3-5-9-23)38(36,37)28-17-14-25-10-6-7-11-26(25)20-28/h3-17,20,22,29H,18-19,21H2,1-2H3. The molecule has 1 heterocycles. The molecule has 7 heteroatoms. The van der Waals surface area contributed by atoms with Crippen molar-refractivity contribution in [3.8, 4) is 0 Å². The van der Waals surface area contributed by atoms with Gasteiger partial charge in [0, 0.05) is 6.54 Å². The highest BCUT2D eigenvalue weighted by atomic mass is 32.2. The van der Waals surface area contributed by atoms with Gasteiger partial charge in [-0.1, -0.05) is 86.6 Å². The van der Waals surface area contributed by atoms with Crippen LogP contribution in [0, 0.1) is 0 Å². The van der Waals surface area contributed by atoms with Crippen LogP contribution in [-0.4, -0.2) is 37.1 Å². The number of rotatable bonds is 8. The molecule has 0 radical (unpaired) electrons. The Balaban J connectivity index is 1.51. The van der Waals surface area contributed by atoms with Crippen LogP contribution in [0.3, 0.4) is 0 Å². The van der Waals surface area contributed by atoms with E-state index in [0.717, 1.165) is 26.8 Å². The summed E-state index contributed by atoms with van der Waals surface area (Å²) >= 11 is 0. The van der Waals surface area contributed by atoms with Crippen LogP contribution in [0.5, 0.6) is 0 Å². The summed E-state index contributed by atoms with van der Waals surface area (Å²) in [5, 5.41) is 1.71. The molecule has 1 unspecified atom stereocenters. The second-order valence-electron chi connectivity index (χ2n) is 9.89. The highest BCUT2D eigenvalue weighted by Gasteiger charge is 2.46. The topological polar surface area (TPSA) is 74.8 Å². The summed E-state index contributed by atoms with van der Waals surface area (Å²) in [6.07, 6.45) is 0.209. The van der Waals surface area contributed by atoms with Gasteiger partial charge in [-0.3, -0.25) is 9.59 Å². The average Bonchev–Trinajstić information content (AvgIpc) is 3.22. The summed E-state index contributed by atoms with van der Waals surface area (Å²) in [4.78, 5) is 28.0. The maximum atomic E-state index is 14.0. The normalized spacial score (nSPS) is 16.2. The van der Waals surface area contributed by atoms with Gasteiger partial charge in [-0.2, -0.15) is 4.31 Å². The van der Waals surface area contributed by atoms with E-state index < -0.39 is 27.9 Å². The molecule has 6 nitrogen and oxygen atoms in total. The van der Waals surface area contributed by atoms with Crippen LogP contribution in [0.15, 0.2) is 102 Å². The van der Waals surface area contributed by atoms with Gasteiger partial charge < -0.3 is 0 Å². The summed E-state index contributed by atoms with van der Waals surface area (Å²) in [5.41, 5.74) is 2.50. The third-order valence-corrected chi connectivity index (χ3v) is 8.98. The number of hydrogen-bond acceptors (Lipinski definition) is 4. The van der Waals surface area contributed by atoms with Crippen molar-refractivity contribution in [1.82, 2.24) is 4.31 Å². The second-order valence-corrected chi connectivity index (χ2v) is 11.8. The van der Waals surface area contributed by atoms with E-state index in [1.807, 2.05) is 66.7 Å². The zero-order valence-electron chi connectivity index (χ0n) is 21.4. The van der Waals surface area contributed by atoms with E-state index in [0.29, 0.717) is 18.0 Å². The summed E-state index contributed by atoms with van der Waals surface area (Å²) in [5.74, 6) is -0.622. The molecule has 1 aliphatic rings. The summed E-state index contributed by atoms with van der Waals surface area (Å²) < 4.78 is 29.3. The molecule has 5 rings (SSSR count). The number of imide groups is 1. The molecule has 38 heavy (non-hydrogen) atoms. The fraction of sp³-hybridized carbons (Fsp3) is 0.226. The number of fused-ring (bicyclic) bond motifs is 1. The monoisotopic (exact) mass is 526 g/mol. The Morgan fingerprint density at radius 3 is 2.18 bits per heavy atom. The Bertz CT molecular complexity index is 1580. The highest BCUT2D eigenvalue weighted by molar-refractivity contribution is 7.89. The van der Waals surface area contributed by atoms with Crippen LogP contribution in [0.4, 0.5) is 5.69 Å². The summed E-state index contributed by atoms with van der Waals surface area (Å²) in [7, 11) is -4.09. The van der Waals surface area contributed by atoms with Crippen LogP contribution in [0.25, 0.3) is 10.8 Å². The van der Waals surface area contributed by atoms with Gasteiger partial charge in [0.25, 0.3) is 5.91 Å². The van der Waals surface area contributed by atoms with Crippen molar-refractivity contribution in [1.29, 1.82) is 0 Å². The Morgan fingerprint density at radius 1 is 0.842 bits per heavy atom. The molecule has 4 aromatic carbocycles. The lowest BCUT2D eigenvalue weighted by Gasteiger charge is -2.27. The number of amides is 2. The quantitative estimate of drug-likeness (QED) is 0.283. The lowest BCUT2D eigenvalue weighted by Crippen LogP contribution is -2.46. The van der Waals surface area contributed by atoms with E-state index in [1.54, 1.807) is 30.3 Å². The van der Waals surface area contributed by atoms with Crippen LogP contribution >= 0.6 is 0 Å². The van der Waals surface area contributed by atoms with Crippen molar-refractivity contribution in [2.75, 3.05) is 11.4 Å². The van der Waals surface area contributed by atoms with Crippen molar-refractivity contribution in [2.24, 2.45) is 0 Å². The molecule has 0 bridgehead atoms. The van der Waals surface area contributed by atoms with Gasteiger partial charge in [0.05, 0.1) is 17.0 Å². The van der Waals surface area contributed by atoms with Gasteiger partial charge in [-0.05, 0) is 58.5 Å². The number of hydrogen-bond donors (Lipinski definition) is 0. The molecule has 1 aliphatic heterocycles. The number of carbonyl (C=O) groups is 2. The molecule has 0 aliphatic carbocycles. The molecule has 1 atom stereocenters. The van der Waals surface area contributed by atoms with E-state index in [2.05, 4.69) is 13.8 Å². The summed E-state index contributed by atoms with van der Waals surface area (Å²) in [6, 6.07) is 28.2. The Labute approximate surface area is 223 Å². The first kappa shape index (κ1) is 25.8.